The van der Waals surface area contributed by atoms with E-state index in [1.807, 2.05) is 42.0 Å². The van der Waals surface area contributed by atoms with Gasteiger partial charge in [0.1, 0.15) is 5.75 Å². The molecule has 6 nitrogen and oxygen atoms in total. The van der Waals surface area contributed by atoms with Gasteiger partial charge in [-0.05, 0) is 62.1 Å². The van der Waals surface area contributed by atoms with E-state index in [0.29, 0.717) is 17.4 Å². The molecule has 2 heterocycles. The molecule has 0 atom stereocenters. The fraction of sp³-hybridized carbons (Fsp3) is 0.292. The highest BCUT2D eigenvalue weighted by atomic mass is 35.5. The minimum Gasteiger partial charge on any atom is -0.484 e. The number of rotatable bonds is 8. The maximum absolute atomic E-state index is 13.2. The first kappa shape index (κ1) is 23.8. The van der Waals surface area contributed by atoms with E-state index in [2.05, 4.69) is 31.0 Å². The summed E-state index contributed by atoms with van der Waals surface area (Å²) in [5.74, 6) is 0.600. The number of hydrogen-bond acceptors (Lipinski definition) is 5. The zero-order chi connectivity index (χ0) is 21.8. The van der Waals surface area contributed by atoms with Gasteiger partial charge < -0.3 is 9.30 Å². The van der Waals surface area contributed by atoms with Crippen LogP contribution in [0.25, 0.3) is 10.2 Å². The fourth-order valence-electron chi connectivity index (χ4n) is 3.57. The van der Waals surface area contributed by atoms with E-state index in [1.54, 1.807) is 28.8 Å². The number of hydrogen-bond donors (Lipinski definition) is 0. The molecule has 0 bridgehead atoms. The average Bonchev–Trinajstić information content (AvgIpc) is 3.39. The minimum atomic E-state index is -0.0967. The lowest BCUT2D eigenvalue weighted by Gasteiger charge is -2.20. The second-order valence-corrected chi connectivity index (χ2v) is 8.71. The Bertz CT molecular complexity index is 1190. The van der Waals surface area contributed by atoms with Crippen molar-refractivity contribution in [2.75, 3.05) is 18.1 Å². The third-order valence-corrected chi connectivity index (χ3v) is 6.28. The first-order valence-electron chi connectivity index (χ1n) is 10.3. The monoisotopic (exact) mass is 470 g/mol. The van der Waals surface area contributed by atoms with Gasteiger partial charge in [0.15, 0.2) is 11.7 Å². The van der Waals surface area contributed by atoms with Crippen molar-refractivity contribution in [3.05, 3.63) is 71.8 Å². The zero-order valence-corrected chi connectivity index (χ0v) is 20.1. The molecule has 2 aromatic heterocycles. The van der Waals surface area contributed by atoms with Crippen LogP contribution in [-0.2, 0) is 11.3 Å². The lowest BCUT2D eigenvalue weighted by atomic mass is 10.1. The van der Waals surface area contributed by atoms with Crippen LogP contribution in [0, 0.1) is 20.8 Å². The highest BCUT2D eigenvalue weighted by molar-refractivity contribution is 7.22. The number of thiazole rings is 1. The Morgan fingerprint density at radius 1 is 1.16 bits per heavy atom. The van der Waals surface area contributed by atoms with Gasteiger partial charge in [-0.1, -0.05) is 29.5 Å². The molecule has 0 fully saturated rings. The van der Waals surface area contributed by atoms with Crippen molar-refractivity contribution < 1.29 is 9.53 Å². The summed E-state index contributed by atoms with van der Waals surface area (Å²) >= 11 is 1.56. The Morgan fingerprint density at radius 2 is 2.00 bits per heavy atom. The molecule has 0 aliphatic rings. The molecular weight excluding hydrogens is 444 g/mol. The van der Waals surface area contributed by atoms with Crippen LogP contribution in [0.2, 0.25) is 0 Å². The molecule has 0 saturated carbocycles. The van der Waals surface area contributed by atoms with Gasteiger partial charge in [-0.25, -0.2) is 9.97 Å². The number of ether oxygens (including phenoxy) is 1. The van der Waals surface area contributed by atoms with Gasteiger partial charge in [0, 0.05) is 25.5 Å². The number of aryl methyl sites for hydroxylation is 4. The largest absolute Gasteiger partial charge is 0.484 e. The average molecular weight is 471 g/mol. The molecule has 0 aliphatic heterocycles. The van der Waals surface area contributed by atoms with Crippen molar-refractivity contribution in [2.45, 2.75) is 33.7 Å². The highest BCUT2D eigenvalue weighted by Gasteiger charge is 2.21. The number of carbonyl (C=O) groups is 1. The van der Waals surface area contributed by atoms with Crippen LogP contribution in [0.4, 0.5) is 5.13 Å². The van der Waals surface area contributed by atoms with Gasteiger partial charge >= 0.3 is 0 Å². The van der Waals surface area contributed by atoms with E-state index in [9.17, 15) is 4.79 Å². The molecule has 8 heteroatoms. The Balaban J connectivity index is 0.00000289. The molecule has 2 aromatic carbocycles. The van der Waals surface area contributed by atoms with Crippen LogP contribution in [-0.4, -0.2) is 33.6 Å². The summed E-state index contributed by atoms with van der Waals surface area (Å²) < 4.78 is 8.92. The number of halogens is 1. The van der Waals surface area contributed by atoms with Gasteiger partial charge in [0.2, 0.25) is 0 Å². The van der Waals surface area contributed by atoms with Crippen molar-refractivity contribution in [1.82, 2.24) is 14.5 Å². The molecule has 4 aromatic rings. The maximum atomic E-state index is 13.2. The Morgan fingerprint density at radius 3 is 2.75 bits per heavy atom. The third kappa shape index (κ3) is 5.66. The van der Waals surface area contributed by atoms with Gasteiger partial charge in [0.05, 0.1) is 16.5 Å². The van der Waals surface area contributed by atoms with E-state index in [0.717, 1.165) is 28.7 Å². The molecular formula is C24H27ClN4O2S. The summed E-state index contributed by atoms with van der Waals surface area (Å²) in [6, 6.07) is 11.9. The van der Waals surface area contributed by atoms with Crippen LogP contribution in [0.1, 0.15) is 23.1 Å². The van der Waals surface area contributed by atoms with Gasteiger partial charge in [-0.3, -0.25) is 9.69 Å². The Labute approximate surface area is 198 Å². The van der Waals surface area contributed by atoms with E-state index >= 15 is 0 Å². The highest BCUT2D eigenvalue weighted by Crippen LogP contribution is 2.32. The van der Waals surface area contributed by atoms with Crippen LogP contribution < -0.4 is 9.64 Å². The van der Waals surface area contributed by atoms with E-state index in [-0.39, 0.29) is 24.9 Å². The topological polar surface area (TPSA) is 60.2 Å². The summed E-state index contributed by atoms with van der Waals surface area (Å²) in [5, 5.41) is 0.715. The van der Waals surface area contributed by atoms with Crippen molar-refractivity contribution >= 4 is 45.0 Å². The molecule has 1 amide bonds. The van der Waals surface area contributed by atoms with Crippen molar-refractivity contribution in [2.24, 2.45) is 0 Å². The molecule has 0 radical (unpaired) electrons. The second kappa shape index (κ2) is 10.6. The maximum Gasteiger partial charge on any atom is 0.266 e. The second-order valence-electron chi connectivity index (χ2n) is 7.73. The molecule has 0 aliphatic carbocycles. The standard InChI is InChI=1S/C24H26N4O2S.ClH/c1-17-6-4-7-20(13-17)30-15-22(29)28(10-5-9-27-11-8-25-16-27)24-26-21-14-18(2)12-19(3)23(21)31-24;/h4,6-8,11-14,16H,5,9-10,15H2,1-3H3;1H. The summed E-state index contributed by atoms with van der Waals surface area (Å²) in [6.07, 6.45) is 6.27. The smallest absolute Gasteiger partial charge is 0.266 e. The molecule has 32 heavy (non-hydrogen) atoms. The zero-order valence-electron chi connectivity index (χ0n) is 18.4. The van der Waals surface area contributed by atoms with Crippen LogP contribution >= 0.6 is 23.7 Å². The summed E-state index contributed by atoms with van der Waals surface area (Å²) in [4.78, 5) is 23.8. The minimum absolute atomic E-state index is 0. The molecule has 0 spiro atoms. The number of anilines is 1. The number of aromatic nitrogens is 3. The number of fused-ring (bicyclic) bond motifs is 1. The van der Waals surface area contributed by atoms with Gasteiger partial charge in [-0.2, -0.15) is 0 Å². The molecule has 0 saturated heterocycles. The third-order valence-electron chi connectivity index (χ3n) is 5.05. The summed E-state index contributed by atoms with van der Waals surface area (Å²) in [7, 11) is 0. The van der Waals surface area contributed by atoms with E-state index in [1.165, 1.54) is 11.1 Å². The first-order chi connectivity index (χ1) is 15.0. The van der Waals surface area contributed by atoms with Crippen LogP contribution in [0.3, 0.4) is 0 Å². The SMILES string of the molecule is Cc1cccc(OCC(=O)N(CCCn2ccnc2)c2nc3cc(C)cc(C)c3s2)c1.Cl. The Kier molecular flexibility index (Phi) is 7.88. The Hall–Kier alpha value is -2.90. The van der Waals surface area contributed by atoms with Crippen molar-refractivity contribution in [1.29, 1.82) is 0 Å². The summed E-state index contributed by atoms with van der Waals surface area (Å²) in [5.41, 5.74) is 4.38. The lowest BCUT2D eigenvalue weighted by molar-refractivity contribution is -0.120. The van der Waals surface area contributed by atoms with Gasteiger partial charge in [0.25, 0.3) is 5.91 Å². The number of carbonyl (C=O) groups excluding carboxylic acids is 1. The number of nitrogens with zero attached hydrogens (tertiary/aromatic N) is 4. The van der Waals surface area contributed by atoms with E-state index < -0.39 is 0 Å². The van der Waals surface area contributed by atoms with Crippen molar-refractivity contribution in [3.8, 4) is 5.75 Å². The molecule has 168 valence electrons. The van der Waals surface area contributed by atoms with E-state index in [4.69, 9.17) is 9.72 Å². The molecule has 4 rings (SSSR count). The van der Waals surface area contributed by atoms with Crippen LogP contribution in [0.15, 0.2) is 55.1 Å². The van der Waals surface area contributed by atoms with Crippen molar-refractivity contribution in [3.63, 3.8) is 0 Å². The fourth-order valence-corrected chi connectivity index (χ4v) is 4.62. The molecule has 0 unspecified atom stereocenters. The number of amides is 1. The normalized spacial score (nSPS) is 10.7. The van der Waals surface area contributed by atoms with Gasteiger partial charge in [-0.15, -0.1) is 12.4 Å². The summed E-state index contributed by atoms with van der Waals surface area (Å²) in [6.45, 7) is 7.47. The first-order valence-corrected chi connectivity index (χ1v) is 11.1. The predicted octanol–water partition coefficient (Wildman–Crippen LogP) is 5.34. The lowest BCUT2D eigenvalue weighted by Crippen LogP contribution is -2.36. The molecule has 0 N–H and O–H groups in total. The predicted molar refractivity (Wildman–Crippen MR) is 132 cm³/mol. The number of benzene rings is 2. The quantitative estimate of drug-likeness (QED) is 0.348. The van der Waals surface area contributed by atoms with Crippen LogP contribution in [0.5, 0.6) is 5.75 Å². The number of imidazole rings is 1.